The third-order valence-corrected chi connectivity index (χ3v) is 3.09. The number of hydrogen-bond donors (Lipinski definition) is 1. The monoisotopic (exact) mass is 314 g/mol. The number of nitrogens with two attached hydrogens (primary N) is 1. The molecule has 102 valence electrons. The molecule has 0 radical (unpaired) electrons. The van der Waals surface area contributed by atoms with Crippen LogP contribution >= 0.6 is 15.9 Å². The topological polar surface area (TPSA) is 38.5 Å². The summed E-state index contributed by atoms with van der Waals surface area (Å²) in [6.07, 6.45) is 0. The van der Waals surface area contributed by atoms with Gasteiger partial charge in [0.15, 0.2) is 0 Å². The number of halogens is 1. The van der Waals surface area contributed by atoms with E-state index in [-0.39, 0.29) is 0 Å². The zero-order valence-corrected chi connectivity index (χ0v) is 12.8. The molecule has 2 N–H and O–H groups in total. The van der Waals surface area contributed by atoms with E-state index < -0.39 is 0 Å². The van der Waals surface area contributed by atoms with Crippen LogP contribution in [0, 0.1) is 5.92 Å². The van der Waals surface area contributed by atoms with Crippen molar-refractivity contribution in [1.82, 2.24) is 4.90 Å². The Morgan fingerprint density at radius 1 is 1.22 bits per heavy atom. The fourth-order valence-corrected chi connectivity index (χ4v) is 2.08. The largest absolute Gasteiger partial charge is 0.492 e. The second-order valence-electron chi connectivity index (χ2n) is 4.79. The second kappa shape index (κ2) is 8.51. The molecule has 0 unspecified atom stereocenters. The Morgan fingerprint density at radius 3 is 2.44 bits per heavy atom. The second-order valence-corrected chi connectivity index (χ2v) is 5.70. The summed E-state index contributed by atoms with van der Waals surface area (Å²) >= 11 is 3.41. The molecular weight excluding hydrogens is 292 g/mol. The normalized spacial score (nSPS) is 11.2. The zero-order valence-electron chi connectivity index (χ0n) is 11.2. The van der Waals surface area contributed by atoms with Crippen LogP contribution in [0.1, 0.15) is 13.8 Å². The van der Waals surface area contributed by atoms with Gasteiger partial charge >= 0.3 is 0 Å². The molecule has 0 aliphatic heterocycles. The first kappa shape index (κ1) is 15.5. The van der Waals surface area contributed by atoms with Crippen molar-refractivity contribution in [2.45, 2.75) is 13.8 Å². The lowest BCUT2D eigenvalue weighted by Gasteiger charge is -2.23. The summed E-state index contributed by atoms with van der Waals surface area (Å²) in [6, 6.07) is 7.92. The van der Waals surface area contributed by atoms with Crippen molar-refractivity contribution in [3.63, 3.8) is 0 Å². The van der Waals surface area contributed by atoms with Crippen LogP contribution < -0.4 is 10.5 Å². The summed E-state index contributed by atoms with van der Waals surface area (Å²) in [5, 5.41) is 0. The first-order valence-corrected chi connectivity index (χ1v) is 7.22. The lowest BCUT2D eigenvalue weighted by Crippen LogP contribution is -2.35. The van der Waals surface area contributed by atoms with Crippen LogP contribution in [0.25, 0.3) is 0 Å². The molecule has 0 atom stereocenters. The molecule has 3 nitrogen and oxygen atoms in total. The standard InChI is InChI=1S/C14H23BrN2O/c1-12(2)11-17(8-7-16)9-10-18-14-5-3-13(15)4-6-14/h3-6,12H,7-11,16H2,1-2H3. The average Bonchev–Trinajstić information content (AvgIpc) is 2.31. The molecule has 4 heteroatoms. The number of nitrogens with zero attached hydrogens (tertiary/aromatic N) is 1. The van der Waals surface area contributed by atoms with Gasteiger partial charge in [-0.05, 0) is 30.2 Å². The summed E-state index contributed by atoms with van der Waals surface area (Å²) in [5.74, 6) is 1.57. The van der Waals surface area contributed by atoms with Crippen LogP contribution in [-0.4, -0.2) is 37.7 Å². The third kappa shape index (κ3) is 6.38. The Bertz CT molecular complexity index is 327. The summed E-state index contributed by atoms with van der Waals surface area (Å²) in [4.78, 5) is 2.35. The Morgan fingerprint density at radius 2 is 1.89 bits per heavy atom. The Labute approximate surface area is 118 Å². The van der Waals surface area contributed by atoms with Crippen molar-refractivity contribution in [2.24, 2.45) is 11.7 Å². The van der Waals surface area contributed by atoms with Crippen LogP contribution in [0.2, 0.25) is 0 Å². The fourth-order valence-electron chi connectivity index (χ4n) is 1.82. The van der Waals surface area contributed by atoms with Gasteiger partial charge in [0.2, 0.25) is 0 Å². The minimum absolute atomic E-state index is 0.657. The zero-order chi connectivity index (χ0) is 13.4. The van der Waals surface area contributed by atoms with Gasteiger partial charge in [-0.2, -0.15) is 0 Å². The maximum Gasteiger partial charge on any atom is 0.119 e. The highest BCUT2D eigenvalue weighted by Gasteiger charge is 2.06. The molecule has 1 rings (SSSR count). The minimum atomic E-state index is 0.657. The van der Waals surface area contributed by atoms with Gasteiger partial charge in [-0.3, -0.25) is 4.90 Å². The molecular formula is C14H23BrN2O. The van der Waals surface area contributed by atoms with E-state index in [1.807, 2.05) is 24.3 Å². The lowest BCUT2D eigenvalue weighted by molar-refractivity contribution is 0.196. The fraction of sp³-hybridized carbons (Fsp3) is 0.571. The molecule has 0 aromatic heterocycles. The van der Waals surface area contributed by atoms with E-state index in [1.165, 1.54) is 0 Å². The highest BCUT2D eigenvalue weighted by molar-refractivity contribution is 9.10. The van der Waals surface area contributed by atoms with Crippen molar-refractivity contribution in [3.8, 4) is 5.75 Å². The van der Waals surface area contributed by atoms with E-state index in [2.05, 4.69) is 34.7 Å². The van der Waals surface area contributed by atoms with Gasteiger partial charge in [-0.1, -0.05) is 29.8 Å². The third-order valence-electron chi connectivity index (χ3n) is 2.56. The molecule has 0 aliphatic rings. The molecule has 0 saturated carbocycles. The van der Waals surface area contributed by atoms with Crippen molar-refractivity contribution >= 4 is 15.9 Å². The van der Waals surface area contributed by atoms with Crippen LogP contribution in [0.3, 0.4) is 0 Å². The van der Waals surface area contributed by atoms with Crippen molar-refractivity contribution in [3.05, 3.63) is 28.7 Å². The van der Waals surface area contributed by atoms with E-state index in [0.717, 1.165) is 29.9 Å². The average molecular weight is 315 g/mol. The van der Waals surface area contributed by atoms with Gasteiger partial charge in [0, 0.05) is 30.7 Å². The van der Waals surface area contributed by atoms with Crippen LogP contribution in [-0.2, 0) is 0 Å². The molecule has 0 aliphatic carbocycles. The van der Waals surface area contributed by atoms with E-state index in [0.29, 0.717) is 19.1 Å². The molecule has 1 aromatic carbocycles. The van der Waals surface area contributed by atoms with Gasteiger partial charge in [-0.25, -0.2) is 0 Å². The first-order valence-electron chi connectivity index (χ1n) is 6.42. The van der Waals surface area contributed by atoms with Crippen LogP contribution in [0.15, 0.2) is 28.7 Å². The van der Waals surface area contributed by atoms with Crippen LogP contribution in [0.5, 0.6) is 5.75 Å². The van der Waals surface area contributed by atoms with E-state index in [1.54, 1.807) is 0 Å². The smallest absolute Gasteiger partial charge is 0.119 e. The molecule has 0 spiro atoms. The van der Waals surface area contributed by atoms with Gasteiger partial charge in [-0.15, -0.1) is 0 Å². The lowest BCUT2D eigenvalue weighted by atomic mass is 10.2. The predicted octanol–water partition coefficient (Wildman–Crippen LogP) is 2.74. The SMILES string of the molecule is CC(C)CN(CCN)CCOc1ccc(Br)cc1. The number of hydrogen-bond acceptors (Lipinski definition) is 3. The summed E-state index contributed by atoms with van der Waals surface area (Å²) in [6.45, 7) is 8.77. The molecule has 18 heavy (non-hydrogen) atoms. The highest BCUT2D eigenvalue weighted by atomic mass is 79.9. The van der Waals surface area contributed by atoms with Crippen LogP contribution in [0.4, 0.5) is 0 Å². The highest BCUT2D eigenvalue weighted by Crippen LogP contribution is 2.15. The van der Waals surface area contributed by atoms with Gasteiger partial charge in [0.05, 0.1) is 0 Å². The number of rotatable bonds is 8. The number of ether oxygens (including phenoxy) is 1. The Balaban J connectivity index is 2.31. The van der Waals surface area contributed by atoms with E-state index >= 15 is 0 Å². The maximum atomic E-state index is 5.72. The Kier molecular flexibility index (Phi) is 7.32. The molecule has 0 fully saturated rings. The Hall–Kier alpha value is -0.580. The molecule has 0 bridgehead atoms. The minimum Gasteiger partial charge on any atom is -0.492 e. The van der Waals surface area contributed by atoms with Gasteiger partial charge in [0.1, 0.15) is 12.4 Å². The molecule has 0 saturated heterocycles. The quantitative estimate of drug-likeness (QED) is 0.802. The molecule has 1 aromatic rings. The van der Waals surface area contributed by atoms with Crippen molar-refractivity contribution in [1.29, 1.82) is 0 Å². The van der Waals surface area contributed by atoms with Gasteiger partial charge < -0.3 is 10.5 Å². The van der Waals surface area contributed by atoms with Gasteiger partial charge in [0.25, 0.3) is 0 Å². The summed E-state index contributed by atoms with van der Waals surface area (Å²) in [5.41, 5.74) is 5.62. The summed E-state index contributed by atoms with van der Waals surface area (Å²) in [7, 11) is 0. The maximum absolute atomic E-state index is 5.72. The molecule has 0 amide bonds. The van der Waals surface area contributed by atoms with Crippen molar-refractivity contribution in [2.75, 3.05) is 32.8 Å². The summed E-state index contributed by atoms with van der Waals surface area (Å²) < 4.78 is 6.78. The number of benzene rings is 1. The van der Waals surface area contributed by atoms with E-state index in [9.17, 15) is 0 Å². The predicted molar refractivity (Wildman–Crippen MR) is 80.0 cm³/mol. The first-order chi connectivity index (χ1) is 8.61. The van der Waals surface area contributed by atoms with E-state index in [4.69, 9.17) is 10.5 Å². The molecule has 0 heterocycles. The van der Waals surface area contributed by atoms with Crippen molar-refractivity contribution < 1.29 is 4.74 Å².